The molecule has 210 valence electrons. The Morgan fingerprint density at radius 1 is 0.422 bits per heavy atom. The van der Waals surface area contributed by atoms with Crippen LogP contribution in [0.25, 0.3) is 93.5 Å². The molecule has 0 unspecified atom stereocenters. The van der Waals surface area contributed by atoms with Crippen LogP contribution in [-0.2, 0) is 0 Å². The summed E-state index contributed by atoms with van der Waals surface area (Å²) in [4.78, 5) is 3.62. The van der Waals surface area contributed by atoms with E-state index in [0.717, 1.165) is 44.0 Å². The second-order valence-electron chi connectivity index (χ2n) is 11.8. The second kappa shape index (κ2) is 9.22. The first-order valence-electron chi connectivity index (χ1n) is 15.4. The number of aromatic nitrogens is 2. The van der Waals surface area contributed by atoms with Gasteiger partial charge in [0.15, 0.2) is 0 Å². The summed E-state index contributed by atoms with van der Waals surface area (Å²) in [6.45, 7) is 0. The summed E-state index contributed by atoms with van der Waals surface area (Å²) in [6, 6.07) is 54.4. The molecule has 3 heterocycles. The van der Waals surface area contributed by atoms with Crippen LogP contribution in [0.15, 0.2) is 156 Å². The Balaban J connectivity index is 1.17. The number of furan rings is 1. The lowest BCUT2D eigenvalue weighted by atomic mass is 10.00. The van der Waals surface area contributed by atoms with Crippen LogP contribution in [0.4, 0.5) is 0 Å². The number of H-pyrrole nitrogens is 1. The fourth-order valence-electron chi connectivity index (χ4n) is 7.23. The van der Waals surface area contributed by atoms with Gasteiger partial charge in [-0.25, -0.2) is 0 Å². The maximum Gasteiger partial charge on any atom is 0.145 e. The summed E-state index contributed by atoms with van der Waals surface area (Å²) in [6.07, 6.45) is 0. The van der Waals surface area contributed by atoms with Crippen LogP contribution < -0.4 is 0 Å². The van der Waals surface area contributed by atoms with Gasteiger partial charge in [-0.1, -0.05) is 91.0 Å². The highest BCUT2D eigenvalue weighted by Crippen LogP contribution is 2.40. The number of aromatic amines is 1. The average molecular weight is 575 g/mol. The highest BCUT2D eigenvalue weighted by atomic mass is 16.3. The molecule has 0 radical (unpaired) electrons. The van der Waals surface area contributed by atoms with E-state index < -0.39 is 0 Å². The predicted octanol–water partition coefficient (Wildman–Crippen LogP) is 11.7. The van der Waals surface area contributed by atoms with Gasteiger partial charge in [-0.3, -0.25) is 0 Å². The first kappa shape index (κ1) is 24.4. The first-order chi connectivity index (χ1) is 22.3. The molecule has 0 saturated heterocycles. The summed E-state index contributed by atoms with van der Waals surface area (Å²) >= 11 is 0. The molecular weight excluding hydrogens is 548 g/mol. The van der Waals surface area contributed by atoms with Crippen LogP contribution in [0.2, 0.25) is 0 Å². The van der Waals surface area contributed by atoms with Gasteiger partial charge in [-0.15, -0.1) is 0 Å². The van der Waals surface area contributed by atoms with Crippen molar-refractivity contribution in [1.82, 2.24) is 9.55 Å². The molecule has 0 bridgehead atoms. The van der Waals surface area contributed by atoms with Gasteiger partial charge >= 0.3 is 0 Å². The summed E-state index contributed by atoms with van der Waals surface area (Å²) in [5.74, 6) is 0. The summed E-state index contributed by atoms with van der Waals surface area (Å²) in [7, 11) is 0. The highest BCUT2D eigenvalue weighted by Gasteiger charge is 2.17. The van der Waals surface area contributed by atoms with Crippen molar-refractivity contribution in [2.45, 2.75) is 0 Å². The zero-order valence-corrected chi connectivity index (χ0v) is 24.3. The van der Waals surface area contributed by atoms with E-state index in [1.165, 1.54) is 49.4 Å². The SMILES string of the molecule is c1ccc(-c2cccc(-n3c4ccccc4c4cc(-c5ccc6[nH]c7ccc8c9ccccc9oc8c7c6c5)ccc43)c2)cc1. The van der Waals surface area contributed by atoms with E-state index >= 15 is 0 Å². The molecule has 0 saturated carbocycles. The van der Waals surface area contributed by atoms with E-state index in [0.29, 0.717) is 0 Å². The molecule has 10 rings (SSSR count). The van der Waals surface area contributed by atoms with E-state index in [4.69, 9.17) is 4.42 Å². The molecule has 0 atom stereocenters. The minimum atomic E-state index is 0.918. The Morgan fingerprint density at radius 3 is 2.02 bits per heavy atom. The van der Waals surface area contributed by atoms with Gasteiger partial charge < -0.3 is 14.0 Å². The van der Waals surface area contributed by atoms with Gasteiger partial charge in [-0.2, -0.15) is 0 Å². The maximum atomic E-state index is 6.44. The van der Waals surface area contributed by atoms with Gasteiger partial charge in [0.05, 0.1) is 21.9 Å². The van der Waals surface area contributed by atoms with Crippen molar-refractivity contribution < 1.29 is 4.42 Å². The minimum Gasteiger partial charge on any atom is -0.455 e. The molecule has 7 aromatic carbocycles. The molecule has 3 aromatic heterocycles. The predicted molar refractivity (Wildman–Crippen MR) is 188 cm³/mol. The van der Waals surface area contributed by atoms with E-state index in [2.05, 4.69) is 149 Å². The molecule has 0 amide bonds. The quantitative estimate of drug-likeness (QED) is 0.224. The van der Waals surface area contributed by atoms with Crippen molar-refractivity contribution in [3.63, 3.8) is 0 Å². The molecule has 3 nitrogen and oxygen atoms in total. The lowest BCUT2D eigenvalue weighted by Gasteiger charge is -2.11. The Kier molecular flexibility index (Phi) is 5.00. The summed E-state index contributed by atoms with van der Waals surface area (Å²) in [5.41, 5.74) is 12.4. The zero-order valence-electron chi connectivity index (χ0n) is 24.3. The Hall–Kier alpha value is -6.06. The molecule has 0 fully saturated rings. The monoisotopic (exact) mass is 574 g/mol. The van der Waals surface area contributed by atoms with Gasteiger partial charge in [-0.05, 0) is 82.9 Å². The molecule has 0 spiro atoms. The Labute approximate surface area is 258 Å². The van der Waals surface area contributed by atoms with Crippen molar-refractivity contribution in [3.05, 3.63) is 152 Å². The first-order valence-corrected chi connectivity index (χ1v) is 15.4. The molecule has 1 N–H and O–H groups in total. The van der Waals surface area contributed by atoms with Crippen molar-refractivity contribution in [3.8, 4) is 27.9 Å². The fourth-order valence-corrected chi connectivity index (χ4v) is 7.23. The summed E-state index contributed by atoms with van der Waals surface area (Å²) < 4.78 is 8.83. The number of para-hydroxylation sites is 2. The molecule has 0 aliphatic rings. The van der Waals surface area contributed by atoms with Gasteiger partial charge in [0, 0.05) is 38.1 Å². The number of benzene rings is 7. The molecular formula is C42H26N2O. The largest absolute Gasteiger partial charge is 0.455 e. The van der Waals surface area contributed by atoms with Crippen LogP contribution in [0.5, 0.6) is 0 Å². The van der Waals surface area contributed by atoms with Crippen LogP contribution in [0.1, 0.15) is 0 Å². The van der Waals surface area contributed by atoms with E-state index in [9.17, 15) is 0 Å². The zero-order chi connectivity index (χ0) is 29.5. The van der Waals surface area contributed by atoms with Crippen molar-refractivity contribution in [2.24, 2.45) is 0 Å². The molecule has 10 aromatic rings. The minimum absolute atomic E-state index is 0.918. The maximum absolute atomic E-state index is 6.44. The topological polar surface area (TPSA) is 33.9 Å². The fraction of sp³-hybridized carbons (Fsp3) is 0. The van der Waals surface area contributed by atoms with E-state index in [1.807, 2.05) is 12.1 Å². The van der Waals surface area contributed by atoms with Crippen LogP contribution in [-0.4, -0.2) is 9.55 Å². The van der Waals surface area contributed by atoms with E-state index in [1.54, 1.807) is 0 Å². The summed E-state index contributed by atoms with van der Waals surface area (Å²) in [5, 5.41) is 7.10. The average Bonchev–Trinajstić information content (AvgIpc) is 3.77. The lowest BCUT2D eigenvalue weighted by molar-refractivity contribution is 0.673. The number of rotatable bonds is 3. The number of hydrogen-bond donors (Lipinski definition) is 1. The van der Waals surface area contributed by atoms with Crippen LogP contribution in [0.3, 0.4) is 0 Å². The van der Waals surface area contributed by atoms with Crippen molar-refractivity contribution in [1.29, 1.82) is 0 Å². The lowest BCUT2D eigenvalue weighted by Crippen LogP contribution is -1.94. The van der Waals surface area contributed by atoms with Crippen LogP contribution >= 0.6 is 0 Å². The second-order valence-corrected chi connectivity index (χ2v) is 11.8. The third-order valence-electron chi connectivity index (χ3n) is 9.32. The molecule has 0 aliphatic heterocycles. The molecule has 0 aliphatic carbocycles. The Bertz CT molecular complexity index is 2760. The molecule has 3 heteroatoms. The third-order valence-corrected chi connectivity index (χ3v) is 9.32. The van der Waals surface area contributed by atoms with Crippen molar-refractivity contribution >= 4 is 65.6 Å². The number of fused-ring (bicyclic) bond motifs is 10. The Morgan fingerprint density at radius 2 is 1.11 bits per heavy atom. The number of hydrogen-bond acceptors (Lipinski definition) is 1. The van der Waals surface area contributed by atoms with Crippen molar-refractivity contribution in [2.75, 3.05) is 0 Å². The van der Waals surface area contributed by atoms with Gasteiger partial charge in [0.1, 0.15) is 11.2 Å². The number of nitrogens with one attached hydrogen (secondary N) is 1. The van der Waals surface area contributed by atoms with Gasteiger partial charge in [0.2, 0.25) is 0 Å². The third kappa shape index (κ3) is 3.58. The highest BCUT2D eigenvalue weighted by molar-refractivity contribution is 6.23. The van der Waals surface area contributed by atoms with E-state index in [-0.39, 0.29) is 0 Å². The standard InChI is InChI=1S/C42H26N2O/c1-2-9-26(10-3-1)27-11-8-12-30(23-27)44-38-15-6-4-13-31(38)34-24-29(18-22-39(34)44)28-17-20-36-35(25-28)41-37(43-36)21-19-33-32-14-5-7-16-40(32)45-42(33)41/h1-25,43H. The number of nitrogens with zero attached hydrogens (tertiary/aromatic N) is 1. The molecule has 45 heavy (non-hydrogen) atoms. The smallest absolute Gasteiger partial charge is 0.145 e. The van der Waals surface area contributed by atoms with Crippen LogP contribution in [0, 0.1) is 0 Å². The van der Waals surface area contributed by atoms with Gasteiger partial charge in [0.25, 0.3) is 0 Å². The normalized spacial score (nSPS) is 12.0.